The molecule has 2 atom stereocenters. The molecule has 1 unspecified atom stereocenters. The smallest absolute Gasteiger partial charge is 0.184 e. The maximum Gasteiger partial charge on any atom is 0.184 e. The zero-order valence-electron chi connectivity index (χ0n) is 13.2. The fourth-order valence-corrected chi connectivity index (χ4v) is 2.24. The number of rotatable bonds is 10. The fraction of sp³-hybridized carbons (Fsp3) is 0.529. The number of ether oxygens (including phenoxy) is 3. The number of aliphatic hydroxyl groups excluding tert-OH is 1. The third-order valence-corrected chi connectivity index (χ3v) is 3.43. The van der Waals surface area contributed by atoms with Crippen LogP contribution in [-0.2, 0) is 9.47 Å². The summed E-state index contributed by atoms with van der Waals surface area (Å²) in [7, 11) is 3.25. The van der Waals surface area contributed by atoms with Gasteiger partial charge in [0.15, 0.2) is 6.29 Å². The zero-order chi connectivity index (χ0) is 15.7. The summed E-state index contributed by atoms with van der Waals surface area (Å²) < 4.78 is 16.8. The molecule has 0 aliphatic carbocycles. The first-order chi connectivity index (χ1) is 10.1. The summed E-state index contributed by atoms with van der Waals surface area (Å²) in [5.41, 5.74) is 0.517. The Morgan fingerprint density at radius 2 is 1.95 bits per heavy atom. The number of methoxy groups -OCH3 is 2. The van der Waals surface area contributed by atoms with Crippen molar-refractivity contribution in [3.63, 3.8) is 0 Å². The van der Waals surface area contributed by atoms with Crippen molar-refractivity contribution < 1.29 is 19.3 Å². The quantitative estimate of drug-likeness (QED) is 0.530. The summed E-state index contributed by atoms with van der Waals surface area (Å²) in [6.07, 6.45) is 3.50. The standard InChI is InChI=1S/C17H26O4/c1-5-11-17(2,12-6-13-18)21-16(20-4)14-7-9-15(19-3)10-8-14/h5,7-10,16,18H,1,6,11-13H2,2-4H3/t16?,17-/m0/s1. The highest BCUT2D eigenvalue weighted by Crippen LogP contribution is 2.31. The Labute approximate surface area is 127 Å². The van der Waals surface area contributed by atoms with Crippen molar-refractivity contribution >= 4 is 0 Å². The summed E-state index contributed by atoms with van der Waals surface area (Å²) in [6, 6.07) is 7.60. The highest BCUT2D eigenvalue weighted by molar-refractivity contribution is 5.27. The van der Waals surface area contributed by atoms with Crippen molar-refractivity contribution in [1.82, 2.24) is 0 Å². The summed E-state index contributed by atoms with van der Waals surface area (Å²) in [5.74, 6) is 0.794. The lowest BCUT2D eigenvalue weighted by Crippen LogP contribution is -2.31. The van der Waals surface area contributed by atoms with E-state index in [4.69, 9.17) is 19.3 Å². The van der Waals surface area contributed by atoms with Crippen LogP contribution in [0.1, 0.15) is 38.0 Å². The molecule has 0 radical (unpaired) electrons. The van der Waals surface area contributed by atoms with E-state index >= 15 is 0 Å². The van der Waals surface area contributed by atoms with Crippen LogP contribution in [0.15, 0.2) is 36.9 Å². The van der Waals surface area contributed by atoms with Crippen molar-refractivity contribution in [2.24, 2.45) is 0 Å². The van der Waals surface area contributed by atoms with Gasteiger partial charge in [-0.3, -0.25) is 0 Å². The highest BCUT2D eigenvalue weighted by Gasteiger charge is 2.28. The first kappa shape index (κ1) is 17.7. The molecule has 0 bridgehead atoms. The third-order valence-electron chi connectivity index (χ3n) is 3.43. The molecule has 0 heterocycles. The molecule has 0 fully saturated rings. The highest BCUT2D eigenvalue weighted by atomic mass is 16.7. The fourth-order valence-electron chi connectivity index (χ4n) is 2.24. The van der Waals surface area contributed by atoms with E-state index < -0.39 is 11.9 Å². The first-order valence-corrected chi connectivity index (χ1v) is 7.15. The molecule has 4 nitrogen and oxygen atoms in total. The molecule has 0 spiro atoms. The molecule has 1 aromatic rings. The number of hydrogen-bond donors (Lipinski definition) is 1. The van der Waals surface area contributed by atoms with Gasteiger partial charge in [0.05, 0.1) is 12.7 Å². The molecule has 1 aromatic carbocycles. The molecule has 0 amide bonds. The predicted octanol–water partition coefficient (Wildman–Crippen LogP) is 3.46. The monoisotopic (exact) mass is 294 g/mol. The van der Waals surface area contributed by atoms with Gasteiger partial charge in [-0.2, -0.15) is 0 Å². The van der Waals surface area contributed by atoms with Crippen molar-refractivity contribution in [3.8, 4) is 5.75 Å². The second-order valence-corrected chi connectivity index (χ2v) is 5.23. The number of benzene rings is 1. The average molecular weight is 294 g/mol. The van der Waals surface area contributed by atoms with Gasteiger partial charge in [-0.05, 0) is 38.3 Å². The lowest BCUT2D eigenvalue weighted by Gasteiger charge is -2.33. The summed E-state index contributed by atoms with van der Waals surface area (Å²) in [4.78, 5) is 0. The van der Waals surface area contributed by atoms with Gasteiger partial charge in [0.25, 0.3) is 0 Å². The lowest BCUT2D eigenvalue weighted by atomic mass is 9.95. The summed E-state index contributed by atoms with van der Waals surface area (Å²) in [6.45, 7) is 5.95. The van der Waals surface area contributed by atoms with Gasteiger partial charge in [0, 0.05) is 19.3 Å². The second kappa shape index (κ2) is 8.82. The van der Waals surface area contributed by atoms with Crippen LogP contribution in [0.5, 0.6) is 5.75 Å². The number of aliphatic hydroxyl groups is 1. The van der Waals surface area contributed by atoms with E-state index in [0.717, 1.165) is 17.7 Å². The molecule has 118 valence electrons. The Hall–Kier alpha value is -1.36. The second-order valence-electron chi connectivity index (χ2n) is 5.23. The molecule has 4 heteroatoms. The van der Waals surface area contributed by atoms with Gasteiger partial charge in [-0.15, -0.1) is 6.58 Å². The SMILES string of the molecule is C=CC[C@@](C)(CCCO)OC(OC)c1ccc(OC)cc1. The van der Waals surface area contributed by atoms with Crippen LogP contribution in [0.25, 0.3) is 0 Å². The minimum Gasteiger partial charge on any atom is -0.497 e. The van der Waals surface area contributed by atoms with Gasteiger partial charge in [-0.25, -0.2) is 0 Å². The maximum absolute atomic E-state index is 9.04. The summed E-state index contributed by atoms with van der Waals surface area (Å²) >= 11 is 0. The van der Waals surface area contributed by atoms with Gasteiger partial charge in [0.2, 0.25) is 0 Å². The van der Waals surface area contributed by atoms with Crippen LogP contribution >= 0.6 is 0 Å². The van der Waals surface area contributed by atoms with E-state index in [1.807, 2.05) is 37.3 Å². The van der Waals surface area contributed by atoms with Gasteiger partial charge in [0.1, 0.15) is 5.75 Å². The Morgan fingerprint density at radius 3 is 2.43 bits per heavy atom. The molecule has 0 saturated carbocycles. The average Bonchev–Trinajstić information content (AvgIpc) is 2.51. The molecular formula is C17H26O4. The van der Waals surface area contributed by atoms with Crippen molar-refractivity contribution in [3.05, 3.63) is 42.5 Å². The normalized spacial score (nSPS) is 15.2. The van der Waals surface area contributed by atoms with Crippen molar-refractivity contribution in [2.45, 2.75) is 38.1 Å². The van der Waals surface area contributed by atoms with Crippen molar-refractivity contribution in [1.29, 1.82) is 0 Å². The zero-order valence-corrected chi connectivity index (χ0v) is 13.2. The topological polar surface area (TPSA) is 47.9 Å². The van der Waals surface area contributed by atoms with Crippen molar-refractivity contribution in [2.75, 3.05) is 20.8 Å². The first-order valence-electron chi connectivity index (χ1n) is 7.15. The molecule has 0 saturated heterocycles. The molecule has 0 aromatic heterocycles. The molecule has 1 N–H and O–H groups in total. The third kappa shape index (κ3) is 5.50. The van der Waals surface area contributed by atoms with Gasteiger partial charge in [-0.1, -0.05) is 18.2 Å². The largest absolute Gasteiger partial charge is 0.497 e. The van der Waals surface area contributed by atoms with Gasteiger partial charge >= 0.3 is 0 Å². The van der Waals surface area contributed by atoms with Crippen LogP contribution in [0, 0.1) is 0 Å². The van der Waals surface area contributed by atoms with Crippen LogP contribution in [-0.4, -0.2) is 31.5 Å². The van der Waals surface area contributed by atoms with E-state index in [9.17, 15) is 0 Å². The van der Waals surface area contributed by atoms with Crippen LogP contribution in [0.4, 0.5) is 0 Å². The number of hydrogen-bond acceptors (Lipinski definition) is 4. The molecule has 0 aliphatic heterocycles. The molecule has 21 heavy (non-hydrogen) atoms. The Bertz CT molecular complexity index is 415. The Kier molecular flexibility index (Phi) is 7.43. The van der Waals surface area contributed by atoms with Crippen LogP contribution in [0.2, 0.25) is 0 Å². The van der Waals surface area contributed by atoms with Gasteiger partial charge < -0.3 is 19.3 Å². The summed E-state index contributed by atoms with van der Waals surface area (Å²) in [5, 5.41) is 9.04. The Morgan fingerprint density at radius 1 is 1.29 bits per heavy atom. The van der Waals surface area contributed by atoms with E-state index in [1.165, 1.54) is 0 Å². The van der Waals surface area contributed by atoms with E-state index in [2.05, 4.69) is 6.58 Å². The Balaban J connectivity index is 2.83. The van der Waals surface area contributed by atoms with E-state index in [-0.39, 0.29) is 6.61 Å². The molecule has 1 rings (SSSR count). The van der Waals surface area contributed by atoms with E-state index in [1.54, 1.807) is 14.2 Å². The predicted molar refractivity (Wildman–Crippen MR) is 83.4 cm³/mol. The van der Waals surface area contributed by atoms with E-state index in [0.29, 0.717) is 12.8 Å². The van der Waals surface area contributed by atoms with Crippen LogP contribution < -0.4 is 4.74 Å². The van der Waals surface area contributed by atoms with Crippen LogP contribution in [0.3, 0.4) is 0 Å². The maximum atomic E-state index is 9.04. The lowest BCUT2D eigenvalue weighted by molar-refractivity contribution is -0.200. The molecule has 0 aliphatic rings. The molecular weight excluding hydrogens is 268 g/mol. The minimum absolute atomic E-state index is 0.149. The minimum atomic E-state index is -0.459.